The van der Waals surface area contributed by atoms with Gasteiger partial charge in [-0.05, 0) is 6.42 Å². The average Bonchev–Trinajstić information content (AvgIpc) is 2.06. The summed E-state index contributed by atoms with van der Waals surface area (Å²) in [5.41, 5.74) is 1.46. The van der Waals surface area contributed by atoms with Gasteiger partial charge in [0, 0.05) is 18.0 Å². The van der Waals surface area contributed by atoms with Gasteiger partial charge in [-0.2, -0.15) is 0 Å². The largest absolute Gasteiger partial charge is 0.286 e. The minimum absolute atomic E-state index is 0.0909. The van der Waals surface area contributed by atoms with Gasteiger partial charge in [0.25, 0.3) is 0 Å². The smallest absolute Gasteiger partial charge is 0.222 e. The molecule has 0 aromatic heterocycles. The zero-order valence-electron chi connectivity index (χ0n) is 5.82. The molecule has 3 nitrogen and oxygen atoms in total. The van der Waals surface area contributed by atoms with E-state index in [2.05, 4.69) is 9.98 Å². The summed E-state index contributed by atoms with van der Waals surface area (Å²) in [5, 5.41) is 0. The van der Waals surface area contributed by atoms with Crippen LogP contribution in [-0.4, -0.2) is 17.7 Å². The van der Waals surface area contributed by atoms with Gasteiger partial charge in [0.15, 0.2) is 0 Å². The van der Waals surface area contributed by atoms with Gasteiger partial charge in [-0.1, -0.05) is 6.08 Å². The van der Waals surface area contributed by atoms with E-state index in [1.807, 2.05) is 6.08 Å². The lowest BCUT2D eigenvalue weighted by atomic mass is 10.0. The molecule has 0 unspecified atom stereocenters. The molecule has 0 aliphatic carbocycles. The number of fused-ring (bicyclic) bond motifs is 1. The Hall–Kier alpha value is -1.51. The lowest BCUT2D eigenvalue weighted by Gasteiger charge is -2.10. The number of hydrogen-bond donors (Lipinski definition) is 0. The number of allylic oxidation sites excluding steroid dienone is 2. The molecule has 0 fully saturated rings. The maximum atomic E-state index is 11.1. The monoisotopic (exact) mass is 146 g/mol. The van der Waals surface area contributed by atoms with E-state index in [4.69, 9.17) is 0 Å². The van der Waals surface area contributed by atoms with Crippen molar-refractivity contribution in [2.75, 3.05) is 0 Å². The average molecular weight is 146 g/mol. The summed E-state index contributed by atoms with van der Waals surface area (Å²) in [5.74, 6) is -0.0909. The van der Waals surface area contributed by atoms with Crippen molar-refractivity contribution in [1.82, 2.24) is 0 Å². The van der Waals surface area contributed by atoms with Crippen LogP contribution in [0.2, 0.25) is 0 Å². The van der Waals surface area contributed by atoms with E-state index in [9.17, 15) is 4.79 Å². The summed E-state index contributed by atoms with van der Waals surface area (Å²) in [4.78, 5) is 18.8. The maximum Gasteiger partial charge on any atom is 0.222 e. The molecule has 2 aliphatic heterocycles. The molecule has 2 aliphatic rings. The van der Waals surface area contributed by atoms with E-state index in [0.29, 0.717) is 5.71 Å². The third-order valence-corrected chi connectivity index (χ3v) is 1.61. The van der Waals surface area contributed by atoms with Crippen molar-refractivity contribution in [3.05, 3.63) is 24.0 Å². The van der Waals surface area contributed by atoms with Crippen LogP contribution < -0.4 is 0 Å². The fraction of sp³-hybridized carbons (Fsp3) is 0.125. The molecule has 54 valence electrons. The number of ketones is 1. The van der Waals surface area contributed by atoms with Crippen LogP contribution >= 0.6 is 0 Å². The molecule has 0 saturated carbocycles. The van der Waals surface area contributed by atoms with Crippen molar-refractivity contribution >= 4 is 17.7 Å². The fourth-order valence-electron chi connectivity index (χ4n) is 1.08. The molecule has 0 N–H and O–H groups in total. The van der Waals surface area contributed by atoms with Crippen LogP contribution in [0.5, 0.6) is 0 Å². The first kappa shape index (κ1) is 6.22. The maximum absolute atomic E-state index is 11.1. The summed E-state index contributed by atoms with van der Waals surface area (Å²) in [7, 11) is 0. The van der Waals surface area contributed by atoms with Crippen LogP contribution in [0.25, 0.3) is 0 Å². The fourth-order valence-corrected chi connectivity index (χ4v) is 1.08. The molecule has 2 heterocycles. The zero-order valence-corrected chi connectivity index (χ0v) is 5.82. The predicted molar refractivity (Wildman–Crippen MR) is 42.8 cm³/mol. The third-order valence-electron chi connectivity index (χ3n) is 1.61. The summed E-state index contributed by atoms with van der Waals surface area (Å²) in [6, 6.07) is 0. The normalized spacial score (nSPS) is 20.9. The Morgan fingerprint density at radius 1 is 1.45 bits per heavy atom. The molecular formula is C8H6N2O. The molecule has 11 heavy (non-hydrogen) atoms. The Balaban J connectivity index is 2.48. The molecule has 0 aromatic carbocycles. The van der Waals surface area contributed by atoms with Crippen molar-refractivity contribution in [2.45, 2.75) is 6.42 Å². The van der Waals surface area contributed by atoms with Crippen molar-refractivity contribution < 1.29 is 4.79 Å². The standard InChI is InChI=1S/C8H6N2O/c11-7-5-9-4-6-2-1-3-10-8(6)7/h1,3-5H,2H2. The number of carbonyl (C=O) groups excluding carboxylic acids is 1. The number of carbonyl (C=O) groups is 1. The molecule has 2 rings (SSSR count). The van der Waals surface area contributed by atoms with E-state index in [1.54, 1.807) is 12.4 Å². The molecule has 0 bridgehead atoms. The van der Waals surface area contributed by atoms with E-state index in [-0.39, 0.29) is 5.78 Å². The Kier molecular flexibility index (Phi) is 1.28. The van der Waals surface area contributed by atoms with E-state index in [0.717, 1.165) is 12.0 Å². The summed E-state index contributed by atoms with van der Waals surface area (Å²) in [6.07, 6.45) is 7.31. The van der Waals surface area contributed by atoms with Crippen molar-refractivity contribution in [3.8, 4) is 0 Å². The second kappa shape index (κ2) is 2.27. The van der Waals surface area contributed by atoms with Gasteiger partial charge in [-0.15, -0.1) is 0 Å². The topological polar surface area (TPSA) is 41.8 Å². The number of hydrogen-bond acceptors (Lipinski definition) is 3. The van der Waals surface area contributed by atoms with Gasteiger partial charge in [0.05, 0.1) is 6.21 Å². The van der Waals surface area contributed by atoms with E-state index >= 15 is 0 Å². The summed E-state index contributed by atoms with van der Waals surface area (Å²) >= 11 is 0. The highest BCUT2D eigenvalue weighted by Crippen LogP contribution is 2.13. The second-order valence-electron chi connectivity index (χ2n) is 2.36. The van der Waals surface area contributed by atoms with Gasteiger partial charge in [-0.25, -0.2) is 0 Å². The first-order chi connectivity index (χ1) is 5.38. The Morgan fingerprint density at radius 3 is 3.18 bits per heavy atom. The van der Waals surface area contributed by atoms with Crippen LogP contribution in [0.3, 0.4) is 0 Å². The molecule has 0 atom stereocenters. The predicted octanol–water partition coefficient (Wildman–Crippen LogP) is 0.882. The Bertz CT molecular complexity index is 321. The van der Waals surface area contributed by atoms with Crippen LogP contribution in [0, 0.1) is 0 Å². The molecule has 3 heteroatoms. The van der Waals surface area contributed by atoms with Crippen molar-refractivity contribution in [3.63, 3.8) is 0 Å². The van der Waals surface area contributed by atoms with Crippen LogP contribution in [0.15, 0.2) is 34.0 Å². The minimum Gasteiger partial charge on any atom is -0.286 e. The molecule has 0 amide bonds. The molecule has 0 spiro atoms. The lowest BCUT2D eigenvalue weighted by Crippen LogP contribution is -2.21. The van der Waals surface area contributed by atoms with Gasteiger partial charge in [0.1, 0.15) is 5.71 Å². The van der Waals surface area contributed by atoms with Crippen molar-refractivity contribution in [1.29, 1.82) is 0 Å². The number of Topliss-reactive ketones (excluding diaryl/α,β-unsaturated/α-hetero) is 1. The minimum atomic E-state index is -0.0909. The second-order valence-corrected chi connectivity index (χ2v) is 2.36. The highest BCUT2D eigenvalue weighted by atomic mass is 16.1. The molecular weight excluding hydrogens is 140 g/mol. The number of aliphatic imine (C=N–C) groups is 2. The van der Waals surface area contributed by atoms with E-state index < -0.39 is 0 Å². The van der Waals surface area contributed by atoms with E-state index in [1.165, 1.54) is 6.21 Å². The van der Waals surface area contributed by atoms with Crippen molar-refractivity contribution in [2.24, 2.45) is 9.98 Å². The first-order valence-corrected chi connectivity index (χ1v) is 3.37. The van der Waals surface area contributed by atoms with Crippen LogP contribution in [0.4, 0.5) is 0 Å². The van der Waals surface area contributed by atoms with Crippen LogP contribution in [-0.2, 0) is 4.79 Å². The molecule has 0 aromatic rings. The first-order valence-electron chi connectivity index (χ1n) is 3.37. The highest BCUT2D eigenvalue weighted by Gasteiger charge is 2.17. The van der Waals surface area contributed by atoms with Gasteiger partial charge < -0.3 is 0 Å². The molecule has 0 saturated heterocycles. The lowest BCUT2D eigenvalue weighted by molar-refractivity contribution is -0.107. The number of nitrogens with zero attached hydrogens (tertiary/aromatic N) is 2. The Labute approximate surface area is 63.9 Å². The SMILES string of the molecule is O=C1C=NC=C2CC=CN=C12. The van der Waals surface area contributed by atoms with Gasteiger partial charge in [-0.3, -0.25) is 14.8 Å². The molecule has 0 radical (unpaired) electrons. The summed E-state index contributed by atoms with van der Waals surface area (Å²) in [6.45, 7) is 0. The van der Waals surface area contributed by atoms with Gasteiger partial charge in [0.2, 0.25) is 5.78 Å². The third kappa shape index (κ3) is 0.941. The summed E-state index contributed by atoms with van der Waals surface area (Å²) < 4.78 is 0. The Morgan fingerprint density at radius 2 is 2.36 bits per heavy atom. The van der Waals surface area contributed by atoms with Gasteiger partial charge >= 0.3 is 0 Å². The number of rotatable bonds is 0. The zero-order chi connectivity index (χ0) is 7.68. The van der Waals surface area contributed by atoms with Crippen LogP contribution in [0.1, 0.15) is 6.42 Å². The quantitative estimate of drug-likeness (QED) is 0.500. The highest BCUT2D eigenvalue weighted by molar-refractivity contribution is 6.65.